The molecule has 0 unspecified atom stereocenters. The number of aromatic nitrogens is 2. The monoisotopic (exact) mass is 336 g/mol. The molecule has 6 nitrogen and oxygen atoms in total. The van der Waals surface area contributed by atoms with Gasteiger partial charge in [-0.3, -0.25) is 9.69 Å². The minimum Gasteiger partial charge on any atom is -0.508 e. The summed E-state index contributed by atoms with van der Waals surface area (Å²) in [5, 5.41) is 10.0. The van der Waals surface area contributed by atoms with Gasteiger partial charge in [0.15, 0.2) is 0 Å². The fourth-order valence-electron chi connectivity index (χ4n) is 3.26. The molecule has 128 valence electrons. The standard InChI is InChI=1S/C19H20N4O2/c24-15-7-5-14(6-8-15)23-11-9-22(10-12-23)13-18-20-17-4-2-1-3-16(17)19(25)21-18/h1-8,24H,9-13H2,(H,20,21,25). The van der Waals surface area contributed by atoms with Crippen molar-refractivity contribution in [2.45, 2.75) is 6.54 Å². The van der Waals surface area contributed by atoms with Crippen LogP contribution in [-0.2, 0) is 6.54 Å². The van der Waals surface area contributed by atoms with Gasteiger partial charge >= 0.3 is 0 Å². The first kappa shape index (κ1) is 15.7. The molecule has 1 aromatic heterocycles. The molecule has 25 heavy (non-hydrogen) atoms. The predicted molar refractivity (Wildman–Crippen MR) is 98.0 cm³/mol. The van der Waals surface area contributed by atoms with Crippen molar-refractivity contribution in [2.75, 3.05) is 31.1 Å². The van der Waals surface area contributed by atoms with Gasteiger partial charge in [-0.25, -0.2) is 0 Å². The zero-order chi connectivity index (χ0) is 17.2. The van der Waals surface area contributed by atoms with Crippen LogP contribution in [0.1, 0.15) is 5.82 Å². The van der Waals surface area contributed by atoms with Crippen LogP contribution >= 0.6 is 0 Å². The molecule has 0 radical (unpaired) electrons. The van der Waals surface area contributed by atoms with E-state index in [0.29, 0.717) is 17.8 Å². The van der Waals surface area contributed by atoms with Crippen molar-refractivity contribution in [1.82, 2.24) is 14.9 Å². The Morgan fingerprint density at radius 2 is 1.72 bits per heavy atom. The number of phenols is 1. The maximum Gasteiger partial charge on any atom is 0.280 e. The molecule has 0 bridgehead atoms. The lowest BCUT2D eigenvalue weighted by Crippen LogP contribution is -2.46. The summed E-state index contributed by atoms with van der Waals surface area (Å²) in [5.41, 5.74) is 1.78. The van der Waals surface area contributed by atoms with E-state index in [-0.39, 0.29) is 11.3 Å². The smallest absolute Gasteiger partial charge is 0.280 e. The van der Waals surface area contributed by atoms with E-state index in [1.807, 2.05) is 30.3 Å². The lowest BCUT2D eigenvalue weighted by molar-refractivity contribution is 0.244. The molecule has 0 amide bonds. The van der Waals surface area contributed by atoms with E-state index in [4.69, 9.17) is 0 Å². The first-order valence-electron chi connectivity index (χ1n) is 8.43. The van der Waals surface area contributed by atoms with Crippen LogP contribution in [0.15, 0.2) is 53.3 Å². The summed E-state index contributed by atoms with van der Waals surface area (Å²) >= 11 is 0. The Hall–Kier alpha value is -2.86. The van der Waals surface area contributed by atoms with Gasteiger partial charge in [0, 0.05) is 31.9 Å². The van der Waals surface area contributed by atoms with Crippen molar-refractivity contribution in [3.63, 3.8) is 0 Å². The SMILES string of the molecule is O=c1nc(CN2CCN(c3ccc(O)cc3)CC2)[nH]c2ccccc12. The van der Waals surface area contributed by atoms with Crippen molar-refractivity contribution >= 4 is 16.6 Å². The molecule has 2 aromatic carbocycles. The number of piperazine rings is 1. The molecule has 2 heterocycles. The summed E-state index contributed by atoms with van der Waals surface area (Å²) in [7, 11) is 0. The third-order valence-electron chi connectivity index (χ3n) is 4.63. The van der Waals surface area contributed by atoms with E-state index in [1.54, 1.807) is 18.2 Å². The number of benzene rings is 2. The van der Waals surface area contributed by atoms with E-state index >= 15 is 0 Å². The van der Waals surface area contributed by atoms with E-state index in [9.17, 15) is 9.90 Å². The summed E-state index contributed by atoms with van der Waals surface area (Å²) in [5.74, 6) is 0.996. The zero-order valence-electron chi connectivity index (χ0n) is 13.9. The fraction of sp³-hybridized carbons (Fsp3) is 0.263. The number of para-hydroxylation sites is 1. The summed E-state index contributed by atoms with van der Waals surface area (Å²) in [4.78, 5) is 24.2. The first-order valence-corrected chi connectivity index (χ1v) is 8.43. The Morgan fingerprint density at radius 1 is 1.00 bits per heavy atom. The van der Waals surface area contributed by atoms with E-state index < -0.39 is 0 Å². The fourth-order valence-corrected chi connectivity index (χ4v) is 3.26. The number of aromatic amines is 1. The van der Waals surface area contributed by atoms with Crippen LogP contribution in [0.25, 0.3) is 10.9 Å². The van der Waals surface area contributed by atoms with Crippen LogP contribution in [0, 0.1) is 0 Å². The van der Waals surface area contributed by atoms with Gasteiger partial charge in [0.1, 0.15) is 11.6 Å². The number of rotatable bonds is 3. The molecule has 0 atom stereocenters. The van der Waals surface area contributed by atoms with E-state index in [0.717, 1.165) is 37.4 Å². The Balaban J connectivity index is 1.43. The molecule has 0 aliphatic carbocycles. The van der Waals surface area contributed by atoms with Crippen molar-refractivity contribution in [2.24, 2.45) is 0 Å². The molecule has 2 N–H and O–H groups in total. The molecule has 0 saturated carbocycles. The van der Waals surface area contributed by atoms with Crippen LogP contribution < -0.4 is 10.5 Å². The second-order valence-corrected chi connectivity index (χ2v) is 6.31. The van der Waals surface area contributed by atoms with Gasteiger partial charge in [-0.1, -0.05) is 12.1 Å². The van der Waals surface area contributed by atoms with Crippen LogP contribution in [0.5, 0.6) is 5.75 Å². The lowest BCUT2D eigenvalue weighted by atomic mass is 10.2. The Labute approximate surface area is 145 Å². The van der Waals surface area contributed by atoms with Crippen LogP contribution in [0.2, 0.25) is 0 Å². The largest absolute Gasteiger partial charge is 0.508 e. The summed E-state index contributed by atoms with van der Waals surface area (Å²) in [6.45, 7) is 4.25. The van der Waals surface area contributed by atoms with Gasteiger partial charge in [-0.2, -0.15) is 4.98 Å². The Bertz CT molecular complexity index is 928. The highest BCUT2D eigenvalue weighted by atomic mass is 16.3. The average molecular weight is 336 g/mol. The van der Waals surface area contributed by atoms with Crippen LogP contribution in [0.4, 0.5) is 5.69 Å². The number of H-pyrrole nitrogens is 1. The van der Waals surface area contributed by atoms with Gasteiger partial charge in [-0.15, -0.1) is 0 Å². The molecular formula is C19H20N4O2. The van der Waals surface area contributed by atoms with Gasteiger partial charge in [-0.05, 0) is 36.4 Å². The van der Waals surface area contributed by atoms with Gasteiger partial charge in [0.2, 0.25) is 0 Å². The third kappa shape index (κ3) is 3.34. The molecule has 1 aliphatic heterocycles. The molecule has 1 fully saturated rings. The van der Waals surface area contributed by atoms with Gasteiger partial charge in [0.05, 0.1) is 17.4 Å². The molecule has 6 heteroatoms. The predicted octanol–water partition coefficient (Wildman–Crippen LogP) is 1.95. The molecule has 0 spiro atoms. The highest BCUT2D eigenvalue weighted by Gasteiger charge is 2.18. The Morgan fingerprint density at radius 3 is 2.48 bits per heavy atom. The van der Waals surface area contributed by atoms with Crippen molar-refractivity contribution in [3.8, 4) is 5.75 Å². The van der Waals surface area contributed by atoms with Crippen LogP contribution in [0.3, 0.4) is 0 Å². The molecule has 4 rings (SSSR count). The molecule has 1 aliphatic rings. The average Bonchev–Trinajstić information content (AvgIpc) is 2.63. The van der Waals surface area contributed by atoms with E-state index in [1.165, 1.54) is 0 Å². The number of anilines is 1. The summed E-state index contributed by atoms with van der Waals surface area (Å²) in [6.07, 6.45) is 0. The minimum absolute atomic E-state index is 0.174. The van der Waals surface area contributed by atoms with Gasteiger partial charge in [0.25, 0.3) is 5.56 Å². The topological polar surface area (TPSA) is 72.5 Å². The van der Waals surface area contributed by atoms with Crippen LogP contribution in [-0.4, -0.2) is 46.2 Å². The van der Waals surface area contributed by atoms with Gasteiger partial charge < -0.3 is 15.0 Å². The highest BCUT2D eigenvalue weighted by Crippen LogP contribution is 2.20. The first-order chi connectivity index (χ1) is 12.2. The Kier molecular flexibility index (Phi) is 4.11. The highest BCUT2D eigenvalue weighted by molar-refractivity contribution is 5.77. The summed E-state index contributed by atoms with van der Waals surface area (Å²) in [6, 6.07) is 14.8. The number of phenolic OH excluding ortho intramolecular Hbond substituents is 1. The third-order valence-corrected chi connectivity index (χ3v) is 4.63. The number of nitrogens with zero attached hydrogens (tertiary/aromatic N) is 3. The molecular weight excluding hydrogens is 316 g/mol. The quantitative estimate of drug-likeness (QED) is 0.765. The minimum atomic E-state index is -0.174. The zero-order valence-corrected chi connectivity index (χ0v) is 13.9. The lowest BCUT2D eigenvalue weighted by Gasteiger charge is -2.35. The second-order valence-electron chi connectivity index (χ2n) is 6.31. The maximum absolute atomic E-state index is 12.1. The number of aromatic hydroxyl groups is 1. The second kappa shape index (κ2) is 6.57. The number of nitrogens with one attached hydrogen (secondary N) is 1. The number of hydrogen-bond donors (Lipinski definition) is 2. The van der Waals surface area contributed by atoms with Crippen molar-refractivity contribution in [3.05, 3.63) is 64.7 Å². The molecule has 3 aromatic rings. The number of hydrogen-bond acceptors (Lipinski definition) is 5. The summed E-state index contributed by atoms with van der Waals surface area (Å²) < 4.78 is 0. The molecule has 1 saturated heterocycles. The van der Waals surface area contributed by atoms with Crippen molar-refractivity contribution in [1.29, 1.82) is 0 Å². The van der Waals surface area contributed by atoms with E-state index in [2.05, 4.69) is 19.8 Å². The maximum atomic E-state index is 12.1. The number of fused-ring (bicyclic) bond motifs is 1. The van der Waals surface area contributed by atoms with Crippen molar-refractivity contribution < 1.29 is 5.11 Å². The normalized spacial score (nSPS) is 15.6.